The van der Waals surface area contributed by atoms with Crippen LogP contribution in [0.25, 0.3) is 0 Å². The maximum absolute atomic E-state index is 3.80. The highest BCUT2D eigenvalue weighted by molar-refractivity contribution is 5.85. The molecule has 1 saturated carbocycles. The molecule has 2 unspecified atom stereocenters. The van der Waals surface area contributed by atoms with Crippen molar-refractivity contribution in [2.24, 2.45) is 5.92 Å². The predicted octanol–water partition coefficient (Wildman–Crippen LogP) is 3.06. The smallest absolute Gasteiger partial charge is 0.0169 e. The van der Waals surface area contributed by atoms with Gasteiger partial charge in [-0.05, 0) is 45.1 Å². The largest absolute Gasteiger partial charge is 0.310 e. The lowest BCUT2D eigenvalue weighted by molar-refractivity contribution is 0.167. The molecule has 2 nitrogen and oxygen atoms in total. The number of hydrogen-bond donors (Lipinski definition) is 1. The van der Waals surface area contributed by atoms with Crippen molar-refractivity contribution < 1.29 is 0 Å². The summed E-state index contributed by atoms with van der Waals surface area (Å²) in [7, 11) is 0. The minimum Gasteiger partial charge on any atom is -0.310 e. The highest BCUT2D eigenvalue weighted by Gasteiger charge is 2.20. The molecule has 1 saturated heterocycles. The van der Waals surface area contributed by atoms with Crippen LogP contribution in [0.2, 0.25) is 0 Å². The van der Waals surface area contributed by atoms with Gasteiger partial charge in [-0.3, -0.25) is 0 Å². The van der Waals surface area contributed by atoms with E-state index in [2.05, 4.69) is 24.1 Å². The topological polar surface area (TPSA) is 15.3 Å². The molecule has 0 radical (unpaired) electrons. The fraction of sp³-hybridized carbons (Fsp3) is 1.00. The first-order valence-electron chi connectivity index (χ1n) is 7.22. The van der Waals surface area contributed by atoms with Crippen LogP contribution in [0.3, 0.4) is 0 Å². The summed E-state index contributed by atoms with van der Waals surface area (Å²) in [5, 5.41) is 3.80. The molecule has 0 aromatic heterocycles. The highest BCUT2D eigenvalue weighted by Crippen LogP contribution is 2.19. The molecule has 3 heteroatoms. The number of piperidine rings is 1. The van der Waals surface area contributed by atoms with Gasteiger partial charge in [0.15, 0.2) is 0 Å². The van der Waals surface area contributed by atoms with E-state index in [4.69, 9.17) is 0 Å². The molecule has 0 aromatic rings. The maximum atomic E-state index is 3.80. The van der Waals surface area contributed by atoms with Crippen molar-refractivity contribution in [2.45, 2.75) is 64.5 Å². The van der Waals surface area contributed by atoms with Crippen LogP contribution in [-0.4, -0.2) is 36.6 Å². The van der Waals surface area contributed by atoms with Crippen LogP contribution in [0.5, 0.6) is 0 Å². The van der Waals surface area contributed by atoms with Crippen LogP contribution >= 0.6 is 12.4 Å². The van der Waals surface area contributed by atoms with E-state index in [0.717, 1.165) is 12.0 Å². The maximum Gasteiger partial charge on any atom is 0.0169 e. The first kappa shape index (κ1) is 15.3. The van der Waals surface area contributed by atoms with Gasteiger partial charge in [-0.1, -0.05) is 19.8 Å². The first-order valence-corrected chi connectivity index (χ1v) is 7.22. The van der Waals surface area contributed by atoms with Gasteiger partial charge in [0.05, 0.1) is 0 Å². The van der Waals surface area contributed by atoms with Crippen LogP contribution in [-0.2, 0) is 0 Å². The Bertz CT molecular complexity index is 204. The van der Waals surface area contributed by atoms with E-state index in [1.54, 1.807) is 0 Å². The molecule has 1 aliphatic heterocycles. The van der Waals surface area contributed by atoms with Crippen molar-refractivity contribution in [3.05, 3.63) is 0 Å². The monoisotopic (exact) mass is 260 g/mol. The zero-order valence-corrected chi connectivity index (χ0v) is 12.3. The molecular weight excluding hydrogens is 232 g/mol. The van der Waals surface area contributed by atoms with Crippen molar-refractivity contribution in [1.29, 1.82) is 0 Å². The normalized spacial score (nSPS) is 28.9. The Morgan fingerprint density at radius 2 is 1.88 bits per heavy atom. The Kier molecular flexibility index (Phi) is 6.83. The number of nitrogens with zero attached hydrogens (tertiary/aromatic N) is 1. The second-order valence-corrected chi connectivity index (χ2v) is 6.06. The molecule has 102 valence electrons. The van der Waals surface area contributed by atoms with Gasteiger partial charge in [0.1, 0.15) is 0 Å². The van der Waals surface area contributed by atoms with Crippen LogP contribution in [0.1, 0.15) is 52.4 Å². The van der Waals surface area contributed by atoms with Crippen molar-refractivity contribution in [3.63, 3.8) is 0 Å². The Hall–Kier alpha value is 0.210. The Labute approximate surface area is 113 Å². The van der Waals surface area contributed by atoms with Gasteiger partial charge in [-0.2, -0.15) is 0 Å². The molecular formula is C14H29ClN2. The molecule has 17 heavy (non-hydrogen) atoms. The molecule has 0 spiro atoms. The van der Waals surface area contributed by atoms with Crippen LogP contribution < -0.4 is 5.32 Å². The molecule has 2 atom stereocenters. The van der Waals surface area contributed by atoms with Crippen LogP contribution in [0, 0.1) is 5.92 Å². The van der Waals surface area contributed by atoms with E-state index in [1.807, 2.05) is 0 Å². The van der Waals surface area contributed by atoms with Gasteiger partial charge in [0.2, 0.25) is 0 Å². The second kappa shape index (κ2) is 7.60. The summed E-state index contributed by atoms with van der Waals surface area (Å²) in [5.74, 6) is 0.910. The average Bonchev–Trinajstić information content (AvgIpc) is 2.70. The third-order valence-corrected chi connectivity index (χ3v) is 4.15. The summed E-state index contributed by atoms with van der Waals surface area (Å²) in [5.41, 5.74) is 0. The molecule has 1 aliphatic carbocycles. The van der Waals surface area contributed by atoms with Gasteiger partial charge in [0, 0.05) is 25.2 Å². The van der Waals surface area contributed by atoms with Gasteiger partial charge < -0.3 is 10.2 Å². The highest BCUT2D eigenvalue weighted by atomic mass is 35.5. The van der Waals surface area contributed by atoms with Crippen molar-refractivity contribution in [1.82, 2.24) is 10.2 Å². The summed E-state index contributed by atoms with van der Waals surface area (Å²) in [4.78, 5) is 2.65. The molecule has 2 fully saturated rings. The van der Waals surface area contributed by atoms with Crippen LogP contribution in [0.4, 0.5) is 0 Å². The van der Waals surface area contributed by atoms with Crippen molar-refractivity contribution in [2.75, 3.05) is 19.6 Å². The minimum atomic E-state index is 0. The first-order chi connectivity index (χ1) is 7.74. The fourth-order valence-corrected chi connectivity index (χ4v) is 3.39. The summed E-state index contributed by atoms with van der Waals surface area (Å²) in [6, 6.07) is 1.49. The lowest BCUT2D eigenvalue weighted by atomic mass is 10.00. The number of rotatable bonds is 4. The minimum absolute atomic E-state index is 0. The number of likely N-dealkylation sites (tertiary alicyclic amines) is 1. The van der Waals surface area contributed by atoms with Gasteiger partial charge in [0.25, 0.3) is 0 Å². The molecule has 2 rings (SSSR count). The Balaban J connectivity index is 0.00000144. The van der Waals surface area contributed by atoms with Gasteiger partial charge in [-0.15, -0.1) is 12.4 Å². The van der Waals surface area contributed by atoms with Crippen molar-refractivity contribution >= 4 is 12.4 Å². The summed E-state index contributed by atoms with van der Waals surface area (Å²) in [6.45, 7) is 8.64. The quantitative estimate of drug-likeness (QED) is 0.836. The molecule has 0 aromatic carbocycles. The lowest BCUT2D eigenvalue weighted by Crippen LogP contribution is -2.45. The number of nitrogens with one attached hydrogen (secondary N) is 1. The third kappa shape index (κ3) is 5.15. The molecule has 2 aliphatic rings. The van der Waals surface area contributed by atoms with Crippen molar-refractivity contribution in [3.8, 4) is 0 Å². The lowest BCUT2D eigenvalue weighted by Gasteiger charge is -2.33. The van der Waals surface area contributed by atoms with E-state index >= 15 is 0 Å². The third-order valence-electron chi connectivity index (χ3n) is 4.15. The van der Waals surface area contributed by atoms with Gasteiger partial charge in [-0.25, -0.2) is 0 Å². The SMILES string of the molecule is CC1CCCN(CC(C)NC2CCCC2)C1.Cl. The Morgan fingerprint density at radius 1 is 1.18 bits per heavy atom. The molecule has 0 amide bonds. The summed E-state index contributed by atoms with van der Waals surface area (Å²) < 4.78 is 0. The summed E-state index contributed by atoms with van der Waals surface area (Å²) in [6.07, 6.45) is 8.51. The van der Waals surface area contributed by atoms with E-state index in [1.165, 1.54) is 58.2 Å². The summed E-state index contributed by atoms with van der Waals surface area (Å²) >= 11 is 0. The van der Waals surface area contributed by atoms with E-state index in [9.17, 15) is 0 Å². The Morgan fingerprint density at radius 3 is 2.53 bits per heavy atom. The zero-order chi connectivity index (χ0) is 11.4. The second-order valence-electron chi connectivity index (χ2n) is 6.06. The van der Waals surface area contributed by atoms with Gasteiger partial charge >= 0.3 is 0 Å². The van der Waals surface area contributed by atoms with Crippen LogP contribution in [0.15, 0.2) is 0 Å². The molecule has 0 bridgehead atoms. The van der Waals surface area contributed by atoms with E-state index < -0.39 is 0 Å². The molecule has 1 N–H and O–H groups in total. The average molecular weight is 261 g/mol. The zero-order valence-electron chi connectivity index (χ0n) is 11.5. The van der Waals surface area contributed by atoms with E-state index in [0.29, 0.717) is 6.04 Å². The number of halogens is 1. The standard InChI is InChI=1S/C14H28N2.ClH/c1-12-6-5-9-16(10-12)11-13(2)15-14-7-3-4-8-14;/h12-15H,3-11H2,1-2H3;1H. The predicted molar refractivity (Wildman–Crippen MR) is 76.9 cm³/mol. The number of hydrogen-bond acceptors (Lipinski definition) is 2. The van der Waals surface area contributed by atoms with E-state index in [-0.39, 0.29) is 12.4 Å². The fourth-order valence-electron chi connectivity index (χ4n) is 3.39. The molecule has 1 heterocycles.